The number of carbonyl (C=O) groups excluding carboxylic acids is 1. The summed E-state index contributed by atoms with van der Waals surface area (Å²) < 4.78 is 9.81. The molecular formula is C9H15N3O3S. The largest absolute Gasteiger partial charge is 0.468 e. The van der Waals surface area contributed by atoms with Crippen molar-refractivity contribution in [2.75, 3.05) is 12.9 Å². The molecule has 0 spiro atoms. The Bertz CT molecular complexity index is 342. The number of thioether (sulfide) groups is 1. The van der Waals surface area contributed by atoms with Crippen LogP contribution in [0.3, 0.4) is 0 Å². The minimum Gasteiger partial charge on any atom is -0.468 e. The fraction of sp³-hybridized carbons (Fsp3) is 0.667. The molecule has 0 aliphatic rings. The highest BCUT2D eigenvalue weighted by molar-refractivity contribution is 7.98. The van der Waals surface area contributed by atoms with Crippen molar-refractivity contribution >= 4 is 17.7 Å². The van der Waals surface area contributed by atoms with Crippen LogP contribution < -0.4 is 5.73 Å². The summed E-state index contributed by atoms with van der Waals surface area (Å²) in [5, 5.41) is 7.69. The molecule has 1 aromatic heterocycles. The van der Waals surface area contributed by atoms with Gasteiger partial charge < -0.3 is 14.9 Å². The van der Waals surface area contributed by atoms with Crippen LogP contribution in [0.15, 0.2) is 4.42 Å². The molecule has 90 valence electrons. The van der Waals surface area contributed by atoms with Gasteiger partial charge in [0.05, 0.1) is 12.9 Å². The molecule has 0 bridgehead atoms. The molecule has 0 saturated carbocycles. The summed E-state index contributed by atoms with van der Waals surface area (Å²) in [4.78, 5) is 11.0. The fourth-order valence-electron chi connectivity index (χ4n) is 0.982. The van der Waals surface area contributed by atoms with Crippen molar-refractivity contribution in [1.82, 2.24) is 10.2 Å². The van der Waals surface area contributed by atoms with Gasteiger partial charge in [-0.1, -0.05) is 6.92 Å². The van der Waals surface area contributed by atoms with E-state index in [0.717, 1.165) is 6.42 Å². The Morgan fingerprint density at radius 3 is 2.81 bits per heavy atom. The Labute approximate surface area is 97.9 Å². The highest BCUT2D eigenvalue weighted by atomic mass is 32.2. The molecule has 7 heteroatoms. The van der Waals surface area contributed by atoms with Crippen LogP contribution in [0, 0.1) is 0 Å². The van der Waals surface area contributed by atoms with Crippen molar-refractivity contribution in [3.63, 3.8) is 0 Å². The molecule has 16 heavy (non-hydrogen) atoms. The lowest BCUT2D eigenvalue weighted by Gasteiger charge is -2.06. The number of rotatable bonds is 6. The Hall–Kier alpha value is -1.08. The molecule has 1 atom stereocenters. The first-order valence-corrected chi connectivity index (χ1v) is 6.05. The maximum Gasteiger partial charge on any atom is 0.323 e. The third-order valence-electron chi connectivity index (χ3n) is 1.84. The van der Waals surface area contributed by atoms with E-state index >= 15 is 0 Å². The summed E-state index contributed by atoms with van der Waals surface area (Å²) in [5.41, 5.74) is 5.56. The standard InChI is InChI=1S/C9H15N3O3S/c1-3-7-11-12-8(15-7)5-16-4-6(10)9(13)14-2/h6H,3-5,10H2,1-2H3. The number of methoxy groups -OCH3 is 1. The Morgan fingerprint density at radius 1 is 1.56 bits per heavy atom. The SMILES string of the molecule is CCc1nnc(CSCC(N)C(=O)OC)o1. The molecule has 0 aliphatic heterocycles. The molecule has 2 N–H and O–H groups in total. The van der Waals surface area contributed by atoms with Crippen LogP contribution in [0.5, 0.6) is 0 Å². The highest BCUT2D eigenvalue weighted by Gasteiger charge is 2.14. The van der Waals surface area contributed by atoms with Gasteiger partial charge in [-0.2, -0.15) is 0 Å². The molecule has 6 nitrogen and oxygen atoms in total. The average molecular weight is 245 g/mol. The number of nitrogens with zero attached hydrogens (tertiary/aromatic N) is 2. The van der Waals surface area contributed by atoms with Crippen molar-refractivity contribution in [2.24, 2.45) is 5.73 Å². The smallest absolute Gasteiger partial charge is 0.323 e. The van der Waals surface area contributed by atoms with Gasteiger partial charge in [0.2, 0.25) is 11.8 Å². The molecule has 1 rings (SSSR count). The zero-order valence-electron chi connectivity index (χ0n) is 9.30. The summed E-state index contributed by atoms with van der Waals surface area (Å²) in [6.07, 6.45) is 0.722. The minimum atomic E-state index is -0.608. The maximum absolute atomic E-state index is 11.0. The fourth-order valence-corrected chi connectivity index (χ4v) is 1.78. The van der Waals surface area contributed by atoms with E-state index in [1.807, 2.05) is 6.92 Å². The van der Waals surface area contributed by atoms with Crippen molar-refractivity contribution in [2.45, 2.75) is 25.1 Å². The van der Waals surface area contributed by atoms with Crippen LogP contribution in [0.1, 0.15) is 18.7 Å². The molecule has 1 unspecified atom stereocenters. The van der Waals surface area contributed by atoms with E-state index in [9.17, 15) is 4.79 Å². The van der Waals surface area contributed by atoms with Crippen LogP contribution >= 0.6 is 11.8 Å². The van der Waals surface area contributed by atoms with Crippen molar-refractivity contribution in [1.29, 1.82) is 0 Å². The van der Waals surface area contributed by atoms with E-state index in [1.165, 1.54) is 18.9 Å². The van der Waals surface area contributed by atoms with Crippen LogP contribution in [-0.2, 0) is 21.7 Å². The number of aryl methyl sites for hydroxylation is 1. The molecule has 0 radical (unpaired) electrons. The molecule has 0 aliphatic carbocycles. The van der Waals surface area contributed by atoms with Gasteiger partial charge in [-0.15, -0.1) is 22.0 Å². The molecule has 0 saturated heterocycles. The van der Waals surface area contributed by atoms with Crippen molar-refractivity contribution in [3.8, 4) is 0 Å². The van der Waals surface area contributed by atoms with Gasteiger partial charge in [0, 0.05) is 12.2 Å². The van der Waals surface area contributed by atoms with E-state index in [4.69, 9.17) is 10.2 Å². The van der Waals surface area contributed by atoms with Gasteiger partial charge >= 0.3 is 5.97 Å². The van der Waals surface area contributed by atoms with Gasteiger partial charge in [-0.25, -0.2) is 0 Å². The number of hydrogen-bond acceptors (Lipinski definition) is 7. The zero-order chi connectivity index (χ0) is 12.0. The second kappa shape index (κ2) is 6.49. The van der Waals surface area contributed by atoms with Crippen LogP contribution in [-0.4, -0.2) is 35.1 Å². The average Bonchev–Trinajstić information content (AvgIpc) is 2.75. The quantitative estimate of drug-likeness (QED) is 0.724. The van der Waals surface area contributed by atoms with E-state index in [1.54, 1.807) is 0 Å². The van der Waals surface area contributed by atoms with E-state index < -0.39 is 12.0 Å². The van der Waals surface area contributed by atoms with Crippen LogP contribution in [0.25, 0.3) is 0 Å². The monoisotopic (exact) mass is 245 g/mol. The van der Waals surface area contributed by atoms with Crippen LogP contribution in [0.2, 0.25) is 0 Å². The lowest BCUT2D eigenvalue weighted by molar-refractivity contribution is -0.141. The third kappa shape index (κ3) is 3.82. The maximum atomic E-state index is 11.0. The molecule has 1 aromatic rings. The predicted octanol–water partition coefficient (Wildman–Crippen LogP) is 0.366. The predicted molar refractivity (Wildman–Crippen MR) is 59.8 cm³/mol. The first kappa shape index (κ1) is 13.0. The summed E-state index contributed by atoms with van der Waals surface area (Å²) in [7, 11) is 1.32. The first-order chi connectivity index (χ1) is 7.67. The summed E-state index contributed by atoms with van der Waals surface area (Å²) in [6.45, 7) is 1.94. The van der Waals surface area contributed by atoms with E-state index in [-0.39, 0.29) is 0 Å². The Balaban J connectivity index is 2.27. The second-order valence-electron chi connectivity index (χ2n) is 3.09. The van der Waals surface area contributed by atoms with E-state index in [2.05, 4.69) is 14.9 Å². The molecule has 1 heterocycles. The number of esters is 1. The Morgan fingerprint density at radius 2 is 2.25 bits per heavy atom. The van der Waals surface area contributed by atoms with Gasteiger partial charge in [-0.3, -0.25) is 4.79 Å². The number of hydrogen-bond donors (Lipinski definition) is 1. The zero-order valence-corrected chi connectivity index (χ0v) is 10.1. The number of carbonyl (C=O) groups is 1. The third-order valence-corrected chi connectivity index (χ3v) is 2.88. The lowest BCUT2D eigenvalue weighted by atomic mass is 10.4. The number of nitrogens with two attached hydrogens (primary N) is 1. The van der Waals surface area contributed by atoms with Crippen molar-refractivity contribution < 1.29 is 13.9 Å². The van der Waals surface area contributed by atoms with Gasteiger partial charge in [0.1, 0.15) is 6.04 Å². The van der Waals surface area contributed by atoms with Gasteiger partial charge in [-0.05, 0) is 0 Å². The Kier molecular flexibility index (Phi) is 5.27. The minimum absolute atomic E-state index is 0.410. The number of ether oxygens (including phenoxy) is 1. The highest BCUT2D eigenvalue weighted by Crippen LogP contribution is 2.12. The normalized spacial score (nSPS) is 12.4. The second-order valence-corrected chi connectivity index (χ2v) is 4.12. The molecule has 0 amide bonds. The lowest BCUT2D eigenvalue weighted by Crippen LogP contribution is -2.33. The topological polar surface area (TPSA) is 91.2 Å². The summed E-state index contributed by atoms with van der Waals surface area (Å²) >= 11 is 1.46. The van der Waals surface area contributed by atoms with E-state index in [0.29, 0.717) is 23.3 Å². The number of aromatic nitrogens is 2. The van der Waals surface area contributed by atoms with Gasteiger partial charge in [0.25, 0.3) is 0 Å². The first-order valence-electron chi connectivity index (χ1n) is 4.89. The molecule has 0 aromatic carbocycles. The van der Waals surface area contributed by atoms with Crippen LogP contribution in [0.4, 0.5) is 0 Å². The molecular weight excluding hydrogens is 230 g/mol. The summed E-state index contributed by atoms with van der Waals surface area (Å²) in [6, 6.07) is -0.608. The van der Waals surface area contributed by atoms with Crippen molar-refractivity contribution in [3.05, 3.63) is 11.8 Å². The molecule has 0 fully saturated rings. The van der Waals surface area contributed by atoms with Gasteiger partial charge in [0.15, 0.2) is 0 Å². The summed E-state index contributed by atoms with van der Waals surface area (Å²) in [5.74, 6) is 1.79.